The van der Waals surface area contributed by atoms with Gasteiger partial charge in [0.15, 0.2) is 11.5 Å². The third-order valence-corrected chi connectivity index (χ3v) is 5.26. The quantitative estimate of drug-likeness (QED) is 0.710. The third-order valence-electron chi connectivity index (χ3n) is 5.26. The molecule has 3 rings (SSSR count). The van der Waals surface area contributed by atoms with Crippen LogP contribution in [0, 0.1) is 0 Å². The first-order valence-electron chi connectivity index (χ1n) is 10.00. The summed E-state index contributed by atoms with van der Waals surface area (Å²) in [5, 5.41) is 2.92. The summed E-state index contributed by atoms with van der Waals surface area (Å²) in [6.07, 6.45) is 0.604. The van der Waals surface area contributed by atoms with E-state index >= 15 is 0 Å². The topological polar surface area (TPSA) is 83.5 Å². The fourth-order valence-corrected chi connectivity index (χ4v) is 3.59. The molecule has 31 heavy (non-hydrogen) atoms. The van der Waals surface area contributed by atoms with Gasteiger partial charge in [0, 0.05) is 44.3 Å². The van der Waals surface area contributed by atoms with Crippen LogP contribution in [-0.2, 0) is 4.79 Å². The molecule has 8 nitrogen and oxygen atoms in total. The molecule has 0 saturated heterocycles. The van der Waals surface area contributed by atoms with Crippen molar-refractivity contribution >= 4 is 34.7 Å². The van der Waals surface area contributed by atoms with Crippen molar-refractivity contribution in [1.29, 1.82) is 0 Å². The van der Waals surface area contributed by atoms with E-state index in [1.54, 1.807) is 46.3 Å². The summed E-state index contributed by atoms with van der Waals surface area (Å²) in [6.45, 7) is 1.97. The van der Waals surface area contributed by atoms with Crippen molar-refractivity contribution in [3.8, 4) is 11.5 Å². The lowest BCUT2D eigenvalue weighted by molar-refractivity contribution is -0.115. The highest BCUT2D eigenvalue weighted by Gasteiger charge is 2.35. The van der Waals surface area contributed by atoms with Gasteiger partial charge >= 0.3 is 6.03 Å². The van der Waals surface area contributed by atoms with E-state index in [-0.39, 0.29) is 11.9 Å². The Kier molecular flexibility index (Phi) is 6.48. The van der Waals surface area contributed by atoms with Crippen LogP contribution >= 0.6 is 0 Å². The van der Waals surface area contributed by atoms with E-state index in [2.05, 4.69) is 5.32 Å². The molecule has 164 valence electrons. The highest BCUT2D eigenvalue weighted by atomic mass is 16.5. The number of nitrogens with one attached hydrogen (secondary N) is 1. The molecular formula is C23H28N4O4. The Morgan fingerprint density at radius 2 is 1.68 bits per heavy atom. The van der Waals surface area contributed by atoms with E-state index in [0.29, 0.717) is 29.3 Å². The van der Waals surface area contributed by atoms with Gasteiger partial charge in [-0.15, -0.1) is 0 Å². The largest absolute Gasteiger partial charge is 0.493 e. The van der Waals surface area contributed by atoms with Crippen LogP contribution in [0.1, 0.15) is 24.8 Å². The number of amides is 3. The molecular weight excluding hydrogens is 396 g/mol. The summed E-state index contributed by atoms with van der Waals surface area (Å²) in [6, 6.07) is 10.8. The van der Waals surface area contributed by atoms with Gasteiger partial charge in [-0.25, -0.2) is 4.79 Å². The number of rotatable bonds is 6. The summed E-state index contributed by atoms with van der Waals surface area (Å²) < 4.78 is 10.7. The molecule has 1 aliphatic rings. The molecule has 0 spiro atoms. The minimum atomic E-state index is -0.502. The Balaban J connectivity index is 1.93. The van der Waals surface area contributed by atoms with Gasteiger partial charge in [0.05, 0.1) is 19.9 Å². The number of carbonyl (C=O) groups is 2. The van der Waals surface area contributed by atoms with Gasteiger partial charge in [-0.3, -0.25) is 14.7 Å². The highest BCUT2D eigenvalue weighted by molar-refractivity contribution is 6.19. The number of fused-ring (bicyclic) bond motifs is 1. The van der Waals surface area contributed by atoms with Crippen LogP contribution in [-0.4, -0.2) is 57.9 Å². The smallest absolute Gasteiger partial charge is 0.323 e. The number of benzene rings is 2. The van der Waals surface area contributed by atoms with E-state index in [4.69, 9.17) is 14.5 Å². The summed E-state index contributed by atoms with van der Waals surface area (Å²) in [4.78, 5) is 32.8. The zero-order valence-electron chi connectivity index (χ0n) is 18.7. The van der Waals surface area contributed by atoms with Crippen LogP contribution in [0.2, 0.25) is 0 Å². The minimum Gasteiger partial charge on any atom is -0.493 e. The molecule has 0 fully saturated rings. The maximum Gasteiger partial charge on any atom is 0.323 e. The predicted octanol–water partition coefficient (Wildman–Crippen LogP) is 4.04. The number of ether oxygens (including phenoxy) is 2. The van der Waals surface area contributed by atoms with E-state index in [0.717, 1.165) is 17.0 Å². The number of urea groups is 1. The van der Waals surface area contributed by atoms with Crippen LogP contribution in [0.4, 0.5) is 21.9 Å². The van der Waals surface area contributed by atoms with Gasteiger partial charge in [-0.1, -0.05) is 6.92 Å². The molecule has 1 heterocycles. The Bertz CT molecular complexity index is 1010. The summed E-state index contributed by atoms with van der Waals surface area (Å²) in [5.41, 5.74) is 3.74. The number of hydrogen-bond acceptors (Lipinski definition) is 5. The van der Waals surface area contributed by atoms with Crippen LogP contribution in [0.5, 0.6) is 11.5 Å². The normalized spacial score (nSPS) is 15.2. The van der Waals surface area contributed by atoms with Gasteiger partial charge in [0.2, 0.25) is 5.91 Å². The van der Waals surface area contributed by atoms with Crippen molar-refractivity contribution in [3.05, 3.63) is 42.0 Å². The summed E-state index contributed by atoms with van der Waals surface area (Å²) in [7, 11) is 8.27. The first-order valence-corrected chi connectivity index (χ1v) is 10.00. The number of carbonyl (C=O) groups excluding carboxylic acids is 2. The lowest BCUT2D eigenvalue weighted by Gasteiger charge is -2.21. The molecule has 0 aliphatic carbocycles. The first kappa shape index (κ1) is 22.1. The van der Waals surface area contributed by atoms with Gasteiger partial charge < -0.3 is 19.7 Å². The van der Waals surface area contributed by atoms with Crippen LogP contribution in [0.15, 0.2) is 41.4 Å². The molecule has 1 atom stereocenters. The summed E-state index contributed by atoms with van der Waals surface area (Å²) in [5.74, 6) is 0.497. The monoisotopic (exact) mass is 424 g/mol. The Hall–Kier alpha value is -3.55. The second kappa shape index (κ2) is 9.07. The number of hydrogen-bond donors (Lipinski definition) is 1. The van der Waals surface area contributed by atoms with E-state index in [1.165, 1.54) is 4.90 Å². The number of anilines is 2. The second-order valence-electron chi connectivity index (χ2n) is 7.43. The average Bonchev–Trinajstić information content (AvgIpc) is 3.10. The number of nitrogens with zero attached hydrogens (tertiary/aromatic N) is 3. The Morgan fingerprint density at radius 1 is 1.06 bits per heavy atom. The number of aliphatic imine (C=N–C) groups is 1. The Morgan fingerprint density at radius 3 is 2.23 bits per heavy atom. The lowest BCUT2D eigenvalue weighted by atomic mass is 9.93. The molecule has 0 radical (unpaired) electrons. The van der Waals surface area contributed by atoms with E-state index in [9.17, 15) is 9.59 Å². The van der Waals surface area contributed by atoms with Gasteiger partial charge in [-0.05, 0) is 42.3 Å². The second-order valence-corrected chi connectivity index (χ2v) is 7.43. The molecule has 2 aromatic carbocycles. The third kappa shape index (κ3) is 4.33. The van der Waals surface area contributed by atoms with Gasteiger partial charge in [-0.2, -0.15) is 0 Å². The van der Waals surface area contributed by atoms with Gasteiger partial charge in [0.25, 0.3) is 0 Å². The zero-order valence-corrected chi connectivity index (χ0v) is 18.7. The van der Waals surface area contributed by atoms with Crippen molar-refractivity contribution in [2.75, 3.05) is 45.6 Å². The first-order chi connectivity index (χ1) is 14.8. The maximum absolute atomic E-state index is 12.8. The van der Waals surface area contributed by atoms with Crippen LogP contribution in [0.25, 0.3) is 0 Å². The van der Waals surface area contributed by atoms with Crippen molar-refractivity contribution in [2.24, 2.45) is 4.99 Å². The number of methoxy groups -OCH3 is 2. The SMILES string of the molecule is CCC(=Nc1ccc(N(C)C(=O)N(C)C)cc1)C1C(=O)Nc2cc(OC)c(OC)cc21. The van der Waals surface area contributed by atoms with Crippen molar-refractivity contribution in [1.82, 2.24) is 4.90 Å². The molecule has 0 saturated carbocycles. The molecule has 0 aromatic heterocycles. The van der Waals surface area contributed by atoms with Crippen molar-refractivity contribution in [2.45, 2.75) is 19.3 Å². The predicted molar refractivity (Wildman–Crippen MR) is 122 cm³/mol. The van der Waals surface area contributed by atoms with Crippen molar-refractivity contribution < 1.29 is 19.1 Å². The molecule has 1 unspecified atom stereocenters. The highest BCUT2D eigenvalue weighted by Crippen LogP contribution is 2.42. The van der Waals surface area contributed by atoms with Crippen molar-refractivity contribution in [3.63, 3.8) is 0 Å². The van der Waals surface area contributed by atoms with Crippen LogP contribution in [0.3, 0.4) is 0 Å². The standard InChI is InChI=1S/C23H28N4O4/c1-7-17(24-14-8-10-15(11-9-14)27(4)23(29)26(2)3)21-16-12-19(30-5)20(31-6)13-18(16)25-22(21)28/h8-13,21H,7H2,1-6H3,(H,25,28). The molecule has 0 bridgehead atoms. The van der Waals surface area contributed by atoms with E-state index < -0.39 is 5.92 Å². The zero-order chi connectivity index (χ0) is 22.7. The fourth-order valence-electron chi connectivity index (χ4n) is 3.59. The van der Waals surface area contributed by atoms with Crippen LogP contribution < -0.4 is 19.7 Å². The van der Waals surface area contributed by atoms with E-state index in [1.807, 2.05) is 37.3 Å². The Labute approximate surface area is 182 Å². The van der Waals surface area contributed by atoms with Gasteiger partial charge in [0.1, 0.15) is 5.92 Å². The molecule has 2 aromatic rings. The minimum absolute atomic E-state index is 0.117. The molecule has 1 N–H and O–H groups in total. The molecule has 1 aliphatic heterocycles. The lowest BCUT2D eigenvalue weighted by Crippen LogP contribution is -2.36. The average molecular weight is 425 g/mol. The molecule has 3 amide bonds. The maximum atomic E-state index is 12.8. The summed E-state index contributed by atoms with van der Waals surface area (Å²) >= 11 is 0. The fraction of sp³-hybridized carbons (Fsp3) is 0.348. The molecule has 8 heteroatoms.